The number of nitrogens with one attached hydrogen (secondary N) is 3. The maximum Gasteiger partial charge on any atom is 0.255 e. The van der Waals surface area contributed by atoms with Gasteiger partial charge in [-0.3, -0.25) is 9.59 Å². The zero-order chi connectivity index (χ0) is 30.0. The summed E-state index contributed by atoms with van der Waals surface area (Å²) in [5, 5.41) is 5.87. The van der Waals surface area contributed by atoms with Gasteiger partial charge in [0.05, 0.1) is 11.3 Å². The lowest BCUT2D eigenvalue weighted by atomic mass is 10.0. The molecule has 0 aromatic heterocycles. The molecule has 0 atom stereocenters. The molecule has 0 unspecified atom stereocenters. The highest BCUT2D eigenvalue weighted by Crippen LogP contribution is 2.30. The van der Waals surface area contributed by atoms with Gasteiger partial charge < -0.3 is 10.6 Å². The van der Waals surface area contributed by atoms with Crippen molar-refractivity contribution in [1.82, 2.24) is 10.0 Å². The summed E-state index contributed by atoms with van der Waals surface area (Å²) in [5.41, 5.74) is 3.42. The molecular weight excluding hydrogens is 534 g/mol. The first kappa shape index (κ1) is 32.0. The summed E-state index contributed by atoms with van der Waals surface area (Å²) < 4.78 is 29.0. The molecule has 0 aliphatic rings. The molecule has 8 heteroatoms. The van der Waals surface area contributed by atoms with Gasteiger partial charge in [-0.05, 0) is 75.6 Å². The lowest BCUT2D eigenvalue weighted by Gasteiger charge is -2.22. The number of anilines is 1. The molecule has 220 valence electrons. The Labute approximate surface area is 245 Å². The molecule has 0 fully saturated rings. The maximum absolute atomic E-state index is 13.1. The first-order chi connectivity index (χ1) is 19.4. The normalized spacial score (nSPS) is 11.7. The van der Waals surface area contributed by atoms with E-state index >= 15 is 0 Å². The maximum atomic E-state index is 13.1. The molecular formula is C33H43N3O4S. The van der Waals surface area contributed by atoms with Crippen molar-refractivity contribution in [3.05, 3.63) is 83.4 Å². The van der Waals surface area contributed by atoms with Crippen molar-refractivity contribution in [2.45, 2.75) is 83.6 Å². The largest absolute Gasteiger partial charge is 0.356 e. The van der Waals surface area contributed by atoms with Crippen LogP contribution in [0.2, 0.25) is 0 Å². The smallest absolute Gasteiger partial charge is 0.255 e. The first-order valence-electron chi connectivity index (χ1n) is 14.3. The van der Waals surface area contributed by atoms with Gasteiger partial charge in [0.1, 0.15) is 0 Å². The number of unbranched alkanes of at least 4 members (excludes halogenated alkanes) is 4. The van der Waals surface area contributed by atoms with Crippen LogP contribution in [0.25, 0.3) is 11.1 Å². The number of hydrogen-bond donors (Lipinski definition) is 3. The van der Waals surface area contributed by atoms with Crippen LogP contribution >= 0.6 is 0 Å². The van der Waals surface area contributed by atoms with Crippen LogP contribution in [-0.4, -0.2) is 32.3 Å². The summed E-state index contributed by atoms with van der Waals surface area (Å²) in [6, 6.07) is 19.4. The van der Waals surface area contributed by atoms with Crippen LogP contribution in [0.4, 0.5) is 5.69 Å². The molecule has 41 heavy (non-hydrogen) atoms. The summed E-state index contributed by atoms with van der Waals surface area (Å²) in [4.78, 5) is 25.5. The van der Waals surface area contributed by atoms with Crippen LogP contribution in [0.1, 0.15) is 81.3 Å². The van der Waals surface area contributed by atoms with E-state index < -0.39 is 15.6 Å². The average Bonchev–Trinajstić information content (AvgIpc) is 2.89. The third-order valence-corrected chi connectivity index (χ3v) is 8.29. The number of hydrogen-bond acceptors (Lipinski definition) is 4. The van der Waals surface area contributed by atoms with Crippen LogP contribution in [0, 0.1) is 6.92 Å². The molecule has 3 N–H and O–H groups in total. The van der Waals surface area contributed by atoms with E-state index in [1.165, 1.54) is 19.3 Å². The van der Waals surface area contributed by atoms with E-state index in [2.05, 4.69) is 22.3 Å². The van der Waals surface area contributed by atoms with Gasteiger partial charge in [0.25, 0.3) is 5.91 Å². The molecule has 0 saturated heterocycles. The van der Waals surface area contributed by atoms with Gasteiger partial charge in [-0.15, -0.1) is 0 Å². The van der Waals surface area contributed by atoms with Crippen molar-refractivity contribution in [2.24, 2.45) is 0 Å². The Morgan fingerprint density at radius 3 is 2.24 bits per heavy atom. The van der Waals surface area contributed by atoms with E-state index in [4.69, 9.17) is 0 Å². The fourth-order valence-electron chi connectivity index (χ4n) is 4.53. The van der Waals surface area contributed by atoms with Crippen LogP contribution in [-0.2, 0) is 21.2 Å². The number of carbonyl (C=O) groups is 2. The second-order valence-electron chi connectivity index (χ2n) is 11.5. The number of carbonyl (C=O) groups excluding carboxylic acids is 2. The van der Waals surface area contributed by atoms with E-state index in [9.17, 15) is 18.0 Å². The molecule has 0 saturated carbocycles. The lowest BCUT2D eigenvalue weighted by Crippen LogP contribution is -2.40. The van der Waals surface area contributed by atoms with Crippen LogP contribution in [0.5, 0.6) is 0 Å². The summed E-state index contributed by atoms with van der Waals surface area (Å²) >= 11 is 0. The number of aryl methyl sites for hydroxylation is 1. The summed E-state index contributed by atoms with van der Waals surface area (Å²) in [7, 11) is -3.76. The lowest BCUT2D eigenvalue weighted by molar-refractivity contribution is -0.120. The monoisotopic (exact) mass is 577 g/mol. The first-order valence-corrected chi connectivity index (χ1v) is 15.8. The predicted octanol–water partition coefficient (Wildman–Crippen LogP) is 6.62. The molecule has 0 aliphatic heterocycles. The highest BCUT2D eigenvalue weighted by Gasteiger charge is 2.25. The Balaban J connectivity index is 1.67. The van der Waals surface area contributed by atoms with E-state index in [1.54, 1.807) is 69.3 Å². The average molecular weight is 578 g/mol. The third-order valence-electron chi connectivity index (χ3n) is 6.48. The Morgan fingerprint density at radius 2 is 1.56 bits per heavy atom. The number of rotatable bonds is 13. The third kappa shape index (κ3) is 10.1. The Bertz CT molecular complexity index is 1440. The predicted molar refractivity (Wildman–Crippen MR) is 167 cm³/mol. The highest BCUT2D eigenvalue weighted by molar-refractivity contribution is 7.89. The molecule has 0 spiro atoms. The summed E-state index contributed by atoms with van der Waals surface area (Å²) in [5.74, 6) is -0.327. The van der Waals surface area contributed by atoms with Gasteiger partial charge >= 0.3 is 0 Å². The minimum Gasteiger partial charge on any atom is -0.356 e. The van der Waals surface area contributed by atoms with E-state index in [0.29, 0.717) is 28.9 Å². The quantitative estimate of drug-likeness (QED) is 0.199. The molecule has 7 nitrogen and oxygen atoms in total. The van der Waals surface area contributed by atoms with Gasteiger partial charge in [-0.2, -0.15) is 0 Å². The Morgan fingerprint density at radius 1 is 0.854 bits per heavy atom. The fourth-order valence-corrected chi connectivity index (χ4v) is 6.16. The fraction of sp³-hybridized carbons (Fsp3) is 0.394. The van der Waals surface area contributed by atoms with Crippen molar-refractivity contribution >= 4 is 27.5 Å². The zero-order valence-corrected chi connectivity index (χ0v) is 25.7. The van der Waals surface area contributed by atoms with Crippen molar-refractivity contribution in [2.75, 3.05) is 11.9 Å². The molecule has 3 rings (SSSR count). The van der Waals surface area contributed by atoms with Gasteiger partial charge in [-0.25, -0.2) is 13.1 Å². The highest BCUT2D eigenvalue weighted by atomic mass is 32.2. The summed E-state index contributed by atoms with van der Waals surface area (Å²) in [6.45, 7) is 10.2. The van der Waals surface area contributed by atoms with Gasteiger partial charge in [0.15, 0.2) is 0 Å². The topological polar surface area (TPSA) is 104 Å². The van der Waals surface area contributed by atoms with Crippen LogP contribution in [0.15, 0.2) is 71.6 Å². The minimum absolute atomic E-state index is 0.0326. The molecule has 3 aromatic rings. The standard InChI is InChI=1S/C33H43N3O4S/c1-6-7-8-9-10-20-34-31(37)23-25-12-11-13-28(22-25)35-32(38)27-17-15-26(16-18-27)29-21-24(2)14-19-30(29)41(39,40)36-33(3,4)5/h11-19,21-22,36H,6-10,20,23H2,1-5H3,(H,34,37)(H,35,38). The second kappa shape index (κ2) is 14.4. The van der Waals surface area contributed by atoms with Gasteiger partial charge in [0.2, 0.25) is 15.9 Å². The number of benzene rings is 3. The van der Waals surface area contributed by atoms with E-state index in [0.717, 1.165) is 24.0 Å². The second-order valence-corrected chi connectivity index (χ2v) is 13.2. The summed E-state index contributed by atoms with van der Waals surface area (Å²) in [6.07, 6.45) is 5.97. The van der Waals surface area contributed by atoms with Crippen molar-refractivity contribution in [3.8, 4) is 11.1 Å². The molecule has 0 radical (unpaired) electrons. The number of amides is 2. The Hall–Kier alpha value is -3.49. The molecule has 3 aromatic carbocycles. The van der Waals surface area contributed by atoms with E-state index in [1.807, 2.05) is 25.1 Å². The van der Waals surface area contributed by atoms with Crippen LogP contribution < -0.4 is 15.4 Å². The Kier molecular flexibility index (Phi) is 11.3. The van der Waals surface area contributed by atoms with Gasteiger partial charge in [-0.1, -0.05) is 74.6 Å². The van der Waals surface area contributed by atoms with Gasteiger partial charge in [0, 0.05) is 28.9 Å². The van der Waals surface area contributed by atoms with Crippen LogP contribution in [0.3, 0.4) is 0 Å². The zero-order valence-electron chi connectivity index (χ0n) is 24.8. The van der Waals surface area contributed by atoms with Crippen molar-refractivity contribution in [3.63, 3.8) is 0 Å². The minimum atomic E-state index is -3.76. The SMILES string of the molecule is CCCCCCCNC(=O)Cc1cccc(NC(=O)c2ccc(-c3cc(C)ccc3S(=O)(=O)NC(C)(C)C)cc2)c1. The number of sulfonamides is 1. The van der Waals surface area contributed by atoms with E-state index in [-0.39, 0.29) is 23.1 Å². The van der Waals surface area contributed by atoms with Crippen molar-refractivity contribution < 1.29 is 18.0 Å². The molecule has 0 heterocycles. The molecule has 0 aliphatic carbocycles. The molecule has 0 bridgehead atoms. The van der Waals surface area contributed by atoms with Crippen molar-refractivity contribution in [1.29, 1.82) is 0 Å². The molecule has 2 amide bonds.